The fraction of sp³-hybridized carbons (Fsp3) is 0.375. The number of aromatic nitrogens is 2. The number of hydrogen-bond donors (Lipinski definition) is 1. The van der Waals surface area contributed by atoms with Gasteiger partial charge in [0.1, 0.15) is 6.54 Å². The first-order valence-corrected chi connectivity index (χ1v) is 6.91. The zero-order chi connectivity index (χ0) is 15.6. The van der Waals surface area contributed by atoms with Gasteiger partial charge >= 0.3 is 5.97 Å². The molecule has 0 aliphatic carbocycles. The van der Waals surface area contributed by atoms with E-state index in [1.54, 1.807) is 0 Å². The molecule has 1 aromatic heterocycles. The first kappa shape index (κ1) is 15.1. The van der Waals surface area contributed by atoms with Gasteiger partial charge in [0, 0.05) is 30.5 Å². The molecule has 0 amide bonds. The maximum Gasteiger partial charge on any atom is 0.323 e. The summed E-state index contributed by atoms with van der Waals surface area (Å²) < 4.78 is 1.83. The molecule has 21 heavy (non-hydrogen) atoms. The van der Waals surface area contributed by atoms with Crippen LogP contribution in [0, 0.1) is 20.8 Å². The predicted molar refractivity (Wildman–Crippen MR) is 82.5 cm³/mol. The smallest absolute Gasteiger partial charge is 0.323 e. The van der Waals surface area contributed by atoms with Gasteiger partial charge in [0.2, 0.25) is 0 Å². The van der Waals surface area contributed by atoms with Crippen LogP contribution < -0.4 is 4.90 Å². The summed E-state index contributed by atoms with van der Waals surface area (Å²) in [6.45, 7) is 6.48. The minimum Gasteiger partial charge on any atom is -0.480 e. The SMILES string of the molecule is Cc1ccc(N(CC(=O)O)Cc2c(C)nn(C)c2C)cc1. The average molecular weight is 287 g/mol. The zero-order valence-corrected chi connectivity index (χ0v) is 12.9. The van der Waals surface area contributed by atoms with Crippen molar-refractivity contribution in [1.29, 1.82) is 0 Å². The third-order valence-corrected chi connectivity index (χ3v) is 3.73. The van der Waals surface area contributed by atoms with Crippen LogP contribution in [-0.2, 0) is 18.4 Å². The Balaban J connectivity index is 2.32. The summed E-state index contributed by atoms with van der Waals surface area (Å²) in [5.41, 5.74) is 5.15. The van der Waals surface area contributed by atoms with Gasteiger partial charge in [-0.1, -0.05) is 17.7 Å². The van der Waals surface area contributed by atoms with E-state index in [0.29, 0.717) is 6.54 Å². The third-order valence-electron chi connectivity index (χ3n) is 3.73. The van der Waals surface area contributed by atoms with E-state index in [9.17, 15) is 4.79 Å². The first-order chi connectivity index (χ1) is 9.88. The van der Waals surface area contributed by atoms with Gasteiger partial charge in [0.25, 0.3) is 0 Å². The highest BCUT2D eigenvalue weighted by atomic mass is 16.4. The topological polar surface area (TPSA) is 58.4 Å². The molecule has 0 atom stereocenters. The molecule has 1 heterocycles. The molecule has 0 spiro atoms. The number of anilines is 1. The van der Waals surface area contributed by atoms with Crippen LogP contribution in [0.2, 0.25) is 0 Å². The van der Waals surface area contributed by atoms with Crippen LogP contribution in [0.15, 0.2) is 24.3 Å². The average Bonchev–Trinajstić information content (AvgIpc) is 2.65. The number of nitrogens with zero attached hydrogens (tertiary/aromatic N) is 3. The number of carboxylic acid groups (broad SMARTS) is 1. The monoisotopic (exact) mass is 287 g/mol. The Labute approximate surface area is 124 Å². The van der Waals surface area contributed by atoms with Crippen LogP contribution in [0.3, 0.4) is 0 Å². The molecule has 0 bridgehead atoms. The molecule has 5 heteroatoms. The summed E-state index contributed by atoms with van der Waals surface area (Å²) in [5.74, 6) is -0.838. The van der Waals surface area contributed by atoms with E-state index in [2.05, 4.69) is 5.10 Å². The van der Waals surface area contributed by atoms with Crippen LogP contribution in [-0.4, -0.2) is 27.4 Å². The fourth-order valence-corrected chi connectivity index (χ4v) is 2.39. The van der Waals surface area contributed by atoms with Crippen molar-refractivity contribution in [2.45, 2.75) is 27.3 Å². The van der Waals surface area contributed by atoms with Crippen LogP contribution in [0.25, 0.3) is 0 Å². The van der Waals surface area contributed by atoms with Gasteiger partial charge in [-0.25, -0.2) is 0 Å². The van der Waals surface area contributed by atoms with Gasteiger partial charge in [-0.3, -0.25) is 9.48 Å². The highest BCUT2D eigenvalue weighted by Gasteiger charge is 2.16. The van der Waals surface area contributed by atoms with E-state index in [4.69, 9.17) is 5.11 Å². The van der Waals surface area contributed by atoms with E-state index in [0.717, 1.165) is 28.2 Å². The van der Waals surface area contributed by atoms with Crippen molar-refractivity contribution in [3.8, 4) is 0 Å². The zero-order valence-electron chi connectivity index (χ0n) is 12.9. The number of hydrogen-bond acceptors (Lipinski definition) is 3. The lowest BCUT2D eigenvalue weighted by molar-refractivity contribution is -0.135. The normalized spacial score (nSPS) is 10.7. The first-order valence-electron chi connectivity index (χ1n) is 6.91. The highest BCUT2D eigenvalue weighted by molar-refractivity contribution is 5.73. The minimum absolute atomic E-state index is 0.0309. The molecule has 0 aliphatic heterocycles. The highest BCUT2D eigenvalue weighted by Crippen LogP contribution is 2.21. The Morgan fingerprint density at radius 3 is 2.33 bits per heavy atom. The minimum atomic E-state index is -0.838. The molecule has 0 radical (unpaired) electrons. The maximum absolute atomic E-state index is 11.2. The molecule has 0 saturated heterocycles. The molecule has 0 unspecified atom stereocenters. The molecule has 0 fully saturated rings. The largest absolute Gasteiger partial charge is 0.480 e. The van der Waals surface area contributed by atoms with E-state index in [1.165, 1.54) is 0 Å². The van der Waals surface area contributed by atoms with Crippen LogP contribution in [0.1, 0.15) is 22.5 Å². The molecule has 112 valence electrons. The van der Waals surface area contributed by atoms with Crippen LogP contribution in [0.4, 0.5) is 5.69 Å². The summed E-state index contributed by atoms with van der Waals surface area (Å²) >= 11 is 0. The second-order valence-electron chi connectivity index (χ2n) is 5.36. The Morgan fingerprint density at radius 2 is 1.86 bits per heavy atom. The molecule has 0 aliphatic rings. The quantitative estimate of drug-likeness (QED) is 0.917. The lowest BCUT2D eigenvalue weighted by Crippen LogP contribution is -2.29. The number of rotatable bonds is 5. The number of aliphatic carboxylic acids is 1. The van der Waals surface area contributed by atoms with Crippen LogP contribution >= 0.6 is 0 Å². The summed E-state index contributed by atoms with van der Waals surface area (Å²) in [5, 5.41) is 13.6. The molecule has 1 N–H and O–H groups in total. The molecular formula is C16H21N3O2. The van der Waals surface area contributed by atoms with Gasteiger partial charge < -0.3 is 10.0 Å². The van der Waals surface area contributed by atoms with Gasteiger partial charge in [0.15, 0.2) is 0 Å². The van der Waals surface area contributed by atoms with Gasteiger partial charge in [-0.2, -0.15) is 5.10 Å². The lowest BCUT2D eigenvalue weighted by atomic mass is 10.1. The van der Waals surface area contributed by atoms with Crippen molar-refractivity contribution in [3.05, 3.63) is 46.8 Å². The van der Waals surface area contributed by atoms with Crippen molar-refractivity contribution >= 4 is 11.7 Å². The number of benzene rings is 1. The standard InChI is InChI=1S/C16H21N3O2/c1-11-5-7-14(8-6-11)19(10-16(20)21)9-15-12(2)17-18(4)13(15)3/h5-8H,9-10H2,1-4H3,(H,20,21). The third kappa shape index (κ3) is 3.42. The molecule has 2 rings (SSSR count). The number of carboxylic acids is 1. The van der Waals surface area contributed by atoms with E-state index >= 15 is 0 Å². The Kier molecular flexibility index (Phi) is 4.31. The Hall–Kier alpha value is -2.30. The molecule has 2 aromatic rings. The molecule has 5 nitrogen and oxygen atoms in total. The lowest BCUT2D eigenvalue weighted by Gasteiger charge is -2.23. The van der Waals surface area contributed by atoms with E-state index in [1.807, 2.05) is 61.7 Å². The second-order valence-corrected chi connectivity index (χ2v) is 5.36. The summed E-state index contributed by atoms with van der Waals surface area (Å²) in [6, 6.07) is 7.90. The van der Waals surface area contributed by atoms with Crippen molar-refractivity contribution in [3.63, 3.8) is 0 Å². The van der Waals surface area contributed by atoms with Crippen molar-refractivity contribution in [1.82, 2.24) is 9.78 Å². The number of carbonyl (C=O) groups is 1. The fourth-order valence-electron chi connectivity index (χ4n) is 2.39. The van der Waals surface area contributed by atoms with Crippen LogP contribution in [0.5, 0.6) is 0 Å². The van der Waals surface area contributed by atoms with E-state index in [-0.39, 0.29) is 6.54 Å². The van der Waals surface area contributed by atoms with Gasteiger partial charge in [0.05, 0.1) is 5.69 Å². The number of aryl methyl sites for hydroxylation is 3. The van der Waals surface area contributed by atoms with E-state index < -0.39 is 5.97 Å². The summed E-state index contributed by atoms with van der Waals surface area (Å²) in [7, 11) is 1.90. The van der Waals surface area contributed by atoms with Gasteiger partial charge in [-0.05, 0) is 32.9 Å². The Bertz CT molecular complexity index is 644. The maximum atomic E-state index is 11.2. The molecular weight excluding hydrogens is 266 g/mol. The summed E-state index contributed by atoms with van der Waals surface area (Å²) in [6.07, 6.45) is 0. The molecule has 0 saturated carbocycles. The Morgan fingerprint density at radius 1 is 1.24 bits per heavy atom. The second kappa shape index (κ2) is 5.99. The summed E-state index contributed by atoms with van der Waals surface area (Å²) in [4.78, 5) is 13.0. The van der Waals surface area contributed by atoms with Crippen molar-refractivity contribution in [2.24, 2.45) is 7.05 Å². The van der Waals surface area contributed by atoms with Gasteiger partial charge in [-0.15, -0.1) is 0 Å². The van der Waals surface area contributed by atoms with Crippen molar-refractivity contribution < 1.29 is 9.90 Å². The van der Waals surface area contributed by atoms with Crippen molar-refractivity contribution in [2.75, 3.05) is 11.4 Å². The molecule has 1 aromatic carbocycles. The predicted octanol–water partition coefficient (Wildman–Crippen LogP) is 2.44.